The highest BCUT2D eigenvalue weighted by molar-refractivity contribution is 5.30. The number of aromatic nitrogens is 1. The number of hydrogen-bond acceptors (Lipinski definition) is 4. The van der Waals surface area contributed by atoms with Gasteiger partial charge in [0.2, 0.25) is 0 Å². The fourth-order valence-corrected chi connectivity index (χ4v) is 1.97. The lowest BCUT2D eigenvalue weighted by Crippen LogP contribution is -2.02. The molecule has 0 fully saturated rings. The first-order valence-electron chi connectivity index (χ1n) is 6.42. The van der Waals surface area contributed by atoms with Gasteiger partial charge in [-0.1, -0.05) is 18.2 Å². The maximum Gasteiger partial charge on any atom is 0.266 e. The molecule has 3 rings (SSSR count). The maximum atomic E-state index is 5.78. The lowest BCUT2D eigenvalue weighted by Gasteiger charge is -2.12. The Morgan fingerprint density at radius 1 is 1.15 bits per heavy atom. The lowest BCUT2D eigenvalue weighted by atomic mass is 10.2. The zero-order valence-electron chi connectivity index (χ0n) is 11.2. The Kier molecular flexibility index (Phi) is 3.54. The molecule has 0 saturated carbocycles. The van der Waals surface area contributed by atoms with E-state index in [1.807, 2.05) is 43.3 Å². The van der Waals surface area contributed by atoms with E-state index in [9.17, 15) is 0 Å². The van der Waals surface area contributed by atoms with Crippen molar-refractivity contribution < 1.29 is 14.2 Å². The van der Waals surface area contributed by atoms with Gasteiger partial charge in [0.25, 0.3) is 6.29 Å². The van der Waals surface area contributed by atoms with Crippen LogP contribution in [-0.4, -0.2) is 4.98 Å². The summed E-state index contributed by atoms with van der Waals surface area (Å²) in [6.07, 6.45) is 4.47. The van der Waals surface area contributed by atoms with Crippen molar-refractivity contribution in [3.05, 3.63) is 71.9 Å². The first-order chi connectivity index (χ1) is 9.83. The molecule has 4 heteroatoms. The first kappa shape index (κ1) is 12.5. The summed E-state index contributed by atoms with van der Waals surface area (Å²) in [5, 5.41) is 0. The van der Waals surface area contributed by atoms with Crippen LogP contribution in [0.25, 0.3) is 0 Å². The number of benzene rings is 1. The fraction of sp³-hybridized carbons (Fsp3) is 0.188. The van der Waals surface area contributed by atoms with Gasteiger partial charge in [0.15, 0.2) is 0 Å². The van der Waals surface area contributed by atoms with Crippen molar-refractivity contribution in [1.82, 2.24) is 4.98 Å². The molecule has 0 atom stereocenters. The van der Waals surface area contributed by atoms with Crippen LogP contribution in [-0.2, 0) is 16.1 Å². The van der Waals surface area contributed by atoms with Crippen LogP contribution >= 0.6 is 0 Å². The molecule has 0 bridgehead atoms. The van der Waals surface area contributed by atoms with E-state index in [-0.39, 0.29) is 6.29 Å². The third-order valence-electron chi connectivity index (χ3n) is 3.08. The highest BCUT2D eigenvalue weighted by Gasteiger charge is 2.15. The van der Waals surface area contributed by atoms with Gasteiger partial charge >= 0.3 is 0 Å². The highest BCUT2D eigenvalue weighted by Crippen LogP contribution is 2.27. The van der Waals surface area contributed by atoms with Crippen LogP contribution in [0, 0.1) is 6.92 Å². The second-order valence-electron chi connectivity index (χ2n) is 4.50. The Labute approximate surface area is 117 Å². The zero-order valence-corrected chi connectivity index (χ0v) is 11.2. The van der Waals surface area contributed by atoms with Crippen molar-refractivity contribution in [2.45, 2.75) is 19.8 Å². The Bertz CT molecular complexity index is 617. The standard InChI is InChI=1S/C16H15NO3/c1-12-4-3-7-17-15(12)11-20-14-6-2-5-13(10-14)16-18-8-9-19-16/h2-10,16H,11H2,1H3. The summed E-state index contributed by atoms with van der Waals surface area (Å²) in [6, 6.07) is 11.6. The van der Waals surface area contributed by atoms with Crippen molar-refractivity contribution in [2.75, 3.05) is 0 Å². The van der Waals surface area contributed by atoms with Crippen LogP contribution < -0.4 is 4.74 Å². The average molecular weight is 269 g/mol. The molecule has 102 valence electrons. The summed E-state index contributed by atoms with van der Waals surface area (Å²) in [5.41, 5.74) is 2.98. The van der Waals surface area contributed by atoms with Crippen molar-refractivity contribution in [2.24, 2.45) is 0 Å². The molecule has 0 amide bonds. The Morgan fingerprint density at radius 2 is 2.00 bits per heavy atom. The van der Waals surface area contributed by atoms with E-state index in [0.717, 1.165) is 22.6 Å². The number of nitrogens with zero attached hydrogens (tertiary/aromatic N) is 1. The summed E-state index contributed by atoms with van der Waals surface area (Å²) in [6.45, 7) is 2.47. The van der Waals surface area contributed by atoms with Crippen LogP contribution in [0.2, 0.25) is 0 Å². The van der Waals surface area contributed by atoms with Crippen molar-refractivity contribution in [1.29, 1.82) is 0 Å². The predicted molar refractivity (Wildman–Crippen MR) is 73.8 cm³/mol. The second-order valence-corrected chi connectivity index (χ2v) is 4.50. The molecule has 1 aromatic heterocycles. The molecule has 2 aromatic rings. The molecule has 0 N–H and O–H groups in total. The molecule has 20 heavy (non-hydrogen) atoms. The molecular formula is C16H15NO3. The van der Waals surface area contributed by atoms with Crippen molar-refractivity contribution >= 4 is 0 Å². The van der Waals surface area contributed by atoms with Gasteiger partial charge in [0, 0.05) is 11.8 Å². The second kappa shape index (κ2) is 5.65. The van der Waals surface area contributed by atoms with Crippen LogP contribution in [0.5, 0.6) is 5.75 Å². The summed E-state index contributed by atoms with van der Waals surface area (Å²) in [5.74, 6) is 0.770. The van der Waals surface area contributed by atoms with Gasteiger partial charge in [-0.05, 0) is 30.7 Å². The summed E-state index contributed by atoms with van der Waals surface area (Å²) >= 11 is 0. The van der Waals surface area contributed by atoms with Gasteiger partial charge in [-0.2, -0.15) is 0 Å². The molecule has 0 saturated heterocycles. The number of pyridine rings is 1. The zero-order chi connectivity index (χ0) is 13.8. The molecule has 4 nitrogen and oxygen atoms in total. The number of hydrogen-bond donors (Lipinski definition) is 0. The van der Waals surface area contributed by atoms with E-state index >= 15 is 0 Å². The summed E-state index contributed by atoms with van der Waals surface area (Å²) in [4.78, 5) is 4.31. The third-order valence-corrected chi connectivity index (χ3v) is 3.08. The average Bonchev–Trinajstić information content (AvgIpc) is 3.01. The van der Waals surface area contributed by atoms with E-state index in [4.69, 9.17) is 14.2 Å². The molecule has 1 aromatic carbocycles. The van der Waals surface area contributed by atoms with Crippen molar-refractivity contribution in [3.8, 4) is 5.75 Å². The molecular weight excluding hydrogens is 254 g/mol. The highest BCUT2D eigenvalue weighted by atomic mass is 16.7. The molecule has 1 aliphatic rings. The van der Waals surface area contributed by atoms with Gasteiger partial charge < -0.3 is 14.2 Å². The smallest absolute Gasteiger partial charge is 0.266 e. The Hall–Kier alpha value is -2.49. The monoisotopic (exact) mass is 269 g/mol. The van der Waals surface area contributed by atoms with Gasteiger partial charge in [-0.15, -0.1) is 0 Å². The van der Waals surface area contributed by atoms with E-state index < -0.39 is 0 Å². The van der Waals surface area contributed by atoms with Gasteiger partial charge in [0.05, 0.1) is 5.69 Å². The van der Waals surface area contributed by atoms with E-state index in [0.29, 0.717) is 6.61 Å². The molecule has 0 spiro atoms. The molecule has 2 heterocycles. The summed E-state index contributed by atoms with van der Waals surface area (Å²) in [7, 11) is 0. The topological polar surface area (TPSA) is 40.6 Å². The summed E-state index contributed by atoms with van der Waals surface area (Å²) < 4.78 is 16.4. The normalized spacial score (nSPS) is 13.8. The predicted octanol–water partition coefficient (Wildman–Crippen LogP) is 3.49. The molecule has 0 unspecified atom stereocenters. The van der Waals surface area contributed by atoms with Gasteiger partial charge in [-0.25, -0.2) is 0 Å². The maximum absolute atomic E-state index is 5.78. The fourth-order valence-electron chi connectivity index (χ4n) is 1.97. The quantitative estimate of drug-likeness (QED) is 0.852. The molecule has 1 aliphatic heterocycles. The lowest BCUT2D eigenvalue weighted by molar-refractivity contribution is -0.0247. The van der Waals surface area contributed by atoms with Crippen LogP contribution in [0.3, 0.4) is 0 Å². The van der Waals surface area contributed by atoms with E-state index in [1.54, 1.807) is 6.20 Å². The Balaban J connectivity index is 1.68. The van der Waals surface area contributed by atoms with Gasteiger partial charge in [0.1, 0.15) is 24.9 Å². The van der Waals surface area contributed by atoms with E-state index in [1.165, 1.54) is 12.5 Å². The first-order valence-corrected chi connectivity index (χ1v) is 6.42. The van der Waals surface area contributed by atoms with Gasteiger partial charge in [-0.3, -0.25) is 4.98 Å². The van der Waals surface area contributed by atoms with Crippen LogP contribution in [0.1, 0.15) is 23.1 Å². The Morgan fingerprint density at radius 3 is 2.80 bits per heavy atom. The van der Waals surface area contributed by atoms with E-state index in [2.05, 4.69) is 4.98 Å². The molecule has 0 radical (unpaired) electrons. The van der Waals surface area contributed by atoms with Crippen molar-refractivity contribution in [3.63, 3.8) is 0 Å². The van der Waals surface area contributed by atoms with Crippen LogP contribution in [0.4, 0.5) is 0 Å². The largest absolute Gasteiger partial charge is 0.487 e. The SMILES string of the molecule is Cc1cccnc1COc1cccc(C2OC=CO2)c1. The molecule has 0 aliphatic carbocycles. The number of aryl methyl sites for hydroxylation is 1. The van der Waals surface area contributed by atoms with Crippen LogP contribution in [0.15, 0.2) is 55.1 Å². The number of rotatable bonds is 4. The minimum atomic E-state index is -0.380. The minimum absolute atomic E-state index is 0.380. The third kappa shape index (κ3) is 2.74. The number of ether oxygens (including phenoxy) is 3. The minimum Gasteiger partial charge on any atom is -0.487 e.